The summed E-state index contributed by atoms with van der Waals surface area (Å²) in [5.74, 6) is 0.337. The molecular weight excluding hydrogens is 280 g/mol. The van der Waals surface area contributed by atoms with Gasteiger partial charge in [-0.05, 0) is 44.2 Å². The topological polar surface area (TPSA) is 46.3 Å². The van der Waals surface area contributed by atoms with E-state index in [0.717, 1.165) is 19.3 Å². The van der Waals surface area contributed by atoms with Crippen molar-refractivity contribution in [1.82, 2.24) is 4.90 Å². The standard InChI is InChI=1S/C17H24N2OS/c1-12(2)19(10-9-16(18)21)17(20)15-8-7-13-5-3-4-6-14(13)11-15/h3-6,12,15H,7-11H2,1-2H3,(H2,18,21). The summed E-state index contributed by atoms with van der Waals surface area (Å²) in [6.45, 7) is 4.73. The van der Waals surface area contributed by atoms with Gasteiger partial charge in [0.2, 0.25) is 5.91 Å². The lowest BCUT2D eigenvalue weighted by Crippen LogP contribution is -2.43. The number of amides is 1. The van der Waals surface area contributed by atoms with Gasteiger partial charge in [-0.25, -0.2) is 0 Å². The Morgan fingerprint density at radius 1 is 1.38 bits per heavy atom. The fourth-order valence-electron chi connectivity index (χ4n) is 3.00. The van der Waals surface area contributed by atoms with E-state index < -0.39 is 0 Å². The zero-order valence-electron chi connectivity index (χ0n) is 12.8. The Morgan fingerprint density at radius 3 is 2.67 bits per heavy atom. The highest BCUT2D eigenvalue weighted by atomic mass is 32.1. The maximum absolute atomic E-state index is 12.8. The van der Waals surface area contributed by atoms with Crippen LogP contribution in [0.3, 0.4) is 0 Å². The number of carbonyl (C=O) groups excluding carboxylic acids is 1. The van der Waals surface area contributed by atoms with Gasteiger partial charge in [0.25, 0.3) is 0 Å². The van der Waals surface area contributed by atoms with Crippen LogP contribution in [0.2, 0.25) is 0 Å². The molecule has 0 saturated heterocycles. The molecule has 1 aliphatic carbocycles. The first-order chi connectivity index (χ1) is 9.99. The number of benzene rings is 1. The van der Waals surface area contributed by atoms with Gasteiger partial charge >= 0.3 is 0 Å². The minimum Gasteiger partial charge on any atom is -0.393 e. The van der Waals surface area contributed by atoms with Crippen molar-refractivity contribution in [1.29, 1.82) is 0 Å². The third kappa shape index (κ3) is 4.03. The summed E-state index contributed by atoms with van der Waals surface area (Å²) in [4.78, 5) is 15.2. The molecule has 114 valence electrons. The summed E-state index contributed by atoms with van der Waals surface area (Å²) >= 11 is 4.94. The summed E-state index contributed by atoms with van der Waals surface area (Å²) in [5.41, 5.74) is 8.29. The minimum absolute atomic E-state index is 0.0913. The Hall–Kier alpha value is -1.42. The minimum atomic E-state index is 0.0913. The summed E-state index contributed by atoms with van der Waals surface area (Å²) in [6.07, 6.45) is 3.38. The second kappa shape index (κ2) is 7.03. The van der Waals surface area contributed by atoms with Crippen LogP contribution < -0.4 is 5.73 Å². The van der Waals surface area contributed by atoms with Crippen LogP contribution in [0, 0.1) is 5.92 Å². The number of thiocarbonyl (C=S) groups is 1. The zero-order chi connectivity index (χ0) is 15.4. The number of fused-ring (bicyclic) bond motifs is 1. The molecule has 4 heteroatoms. The van der Waals surface area contributed by atoms with Gasteiger partial charge in [0.05, 0.1) is 4.99 Å². The van der Waals surface area contributed by atoms with Crippen molar-refractivity contribution >= 4 is 23.1 Å². The molecule has 1 aromatic rings. The number of carbonyl (C=O) groups is 1. The normalized spacial score (nSPS) is 17.4. The molecule has 0 saturated carbocycles. The highest BCUT2D eigenvalue weighted by Crippen LogP contribution is 2.27. The average Bonchev–Trinajstić information content (AvgIpc) is 2.46. The summed E-state index contributed by atoms with van der Waals surface area (Å²) in [6, 6.07) is 8.62. The molecule has 0 spiro atoms. The molecule has 2 N–H and O–H groups in total. The second-order valence-electron chi connectivity index (χ2n) is 6.05. The van der Waals surface area contributed by atoms with E-state index in [1.165, 1.54) is 11.1 Å². The fourth-order valence-corrected chi connectivity index (χ4v) is 3.09. The van der Waals surface area contributed by atoms with Gasteiger partial charge < -0.3 is 10.6 Å². The first-order valence-corrected chi connectivity index (χ1v) is 8.05. The number of aryl methyl sites for hydroxylation is 1. The fraction of sp³-hybridized carbons (Fsp3) is 0.529. The first-order valence-electron chi connectivity index (χ1n) is 7.64. The summed E-state index contributed by atoms with van der Waals surface area (Å²) < 4.78 is 0. The van der Waals surface area contributed by atoms with Crippen LogP contribution in [0.1, 0.15) is 37.8 Å². The molecule has 21 heavy (non-hydrogen) atoms. The van der Waals surface area contributed by atoms with E-state index in [2.05, 4.69) is 24.3 Å². The van der Waals surface area contributed by atoms with E-state index in [4.69, 9.17) is 18.0 Å². The van der Waals surface area contributed by atoms with Crippen molar-refractivity contribution in [2.24, 2.45) is 11.7 Å². The smallest absolute Gasteiger partial charge is 0.226 e. The lowest BCUT2D eigenvalue weighted by molar-refractivity contribution is -0.137. The van der Waals surface area contributed by atoms with E-state index >= 15 is 0 Å². The zero-order valence-corrected chi connectivity index (χ0v) is 13.7. The Labute approximate surface area is 132 Å². The summed E-state index contributed by atoms with van der Waals surface area (Å²) in [5, 5.41) is 0. The lowest BCUT2D eigenvalue weighted by Gasteiger charge is -2.33. The number of nitrogens with two attached hydrogens (primary N) is 1. The molecule has 0 aliphatic heterocycles. The average molecular weight is 304 g/mol. The number of hydrogen-bond acceptors (Lipinski definition) is 2. The van der Waals surface area contributed by atoms with Gasteiger partial charge in [-0.15, -0.1) is 0 Å². The second-order valence-corrected chi connectivity index (χ2v) is 6.57. The van der Waals surface area contributed by atoms with Crippen molar-refractivity contribution in [3.63, 3.8) is 0 Å². The Kier molecular flexibility index (Phi) is 5.34. The van der Waals surface area contributed by atoms with Crippen molar-refractivity contribution in [2.45, 2.75) is 45.6 Å². The third-order valence-corrected chi connectivity index (χ3v) is 4.41. The maximum Gasteiger partial charge on any atom is 0.226 e. The molecule has 3 nitrogen and oxygen atoms in total. The Bertz CT molecular complexity index is 527. The number of nitrogens with zero attached hydrogens (tertiary/aromatic N) is 1. The Balaban J connectivity index is 2.06. The lowest BCUT2D eigenvalue weighted by atomic mass is 9.83. The molecule has 0 aromatic heterocycles. The molecule has 1 aromatic carbocycles. The quantitative estimate of drug-likeness (QED) is 0.851. The van der Waals surface area contributed by atoms with Crippen molar-refractivity contribution in [2.75, 3.05) is 6.54 Å². The molecule has 0 bridgehead atoms. The third-order valence-electron chi connectivity index (χ3n) is 4.20. The van der Waals surface area contributed by atoms with E-state index in [1.807, 2.05) is 18.7 Å². The van der Waals surface area contributed by atoms with Crippen LogP contribution in [0.15, 0.2) is 24.3 Å². The molecule has 0 fully saturated rings. The molecular formula is C17H24N2OS. The van der Waals surface area contributed by atoms with Crippen molar-refractivity contribution in [3.8, 4) is 0 Å². The van der Waals surface area contributed by atoms with E-state index in [-0.39, 0.29) is 17.9 Å². The van der Waals surface area contributed by atoms with E-state index in [9.17, 15) is 4.79 Å². The van der Waals surface area contributed by atoms with Gasteiger partial charge in [-0.3, -0.25) is 4.79 Å². The van der Waals surface area contributed by atoms with Crippen LogP contribution in [0.4, 0.5) is 0 Å². The molecule has 1 atom stereocenters. The predicted octanol–water partition coefficient (Wildman–Crippen LogP) is 2.70. The number of rotatable bonds is 5. The Morgan fingerprint density at radius 2 is 2.05 bits per heavy atom. The van der Waals surface area contributed by atoms with Gasteiger partial charge in [0.1, 0.15) is 0 Å². The van der Waals surface area contributed by atoms with Gasteiger partial charge in [-0.1, -0.05) is 36.5 Å². The highest BCUT2D eigenvalue weighted by Gasteiger charge is 2.29. The molecule has 1 aliphatic rings. The molecule has 0 heterocycles. The molecule has 2 rings (SSSR count). The highest BCUT2D eigenvalue weighted by molar-refractivity contribution is 7.80. The van der Waals surface area contributed by atoms with Crippen LogP contribution in [-0.4, -0.2) is 28.4 Å². The van der Waals surface area contributed by atoms with Crippen molar-refractivity contribution < 1.29 is 4.79 Å². The number of hydrogen-bond donors (Lipinski definition) is 1. The monoisotopic (exact) mass is 304 g/mol. The molecule has 0 radical (unpaired) electrons. The van der Waals surface area contributed by atoms with Crippen LogP contribution >= 0.6 is 12.2 Å². The van der Waals surface area contributed by atoms with Gasteiger partial charge in [0.15, 0.2) is 0 Å². The first kappa shape index (κ1) is 16.0. The van der Waals surface area contributed by atoms with Gasteiger partial charge in [-0.2, -0.15) is 0 Å². The summed E-state index contributed by atoms with van der Waals surface area (Å²) in [7, 11) is 0. The molecule has 1 amide bonds. The largest absolute Gasteiger partial charge is 0.393 e. The SMILES string of the molecule is CC(C)N(CCC(N)=S)C(=O)C1CCc2ccccc2C1. The van der Waals surface area contributed by atoms with Crippen LogP contribution in [0.25, 0.3) is 0 Å². The van der Waals surface area contributed by atoms with E-state index in [1.54, 1.807) is 0 Å². The van der Waals surface area contributed by atoms with Crippen LogP contribution in [0.5, 0.6) is 0 Å². The van der Waals surface area contributed by atoms with Crippen LogP contribution in [-0.2, 0) is 17.6 Å². The predicted molar refractivity (Wildman–Crippen MR) is 90.2 cm³/mol. The maximum atomic E-state index is 12.8. The molecule has 1 unspecified atom stereocenters. The van der Waals surface area contributed by atoms with Gasteiger partial charge in [0, 0.05) is 24.9 Å². The van der Waals surface area contributed by atoms with E-state index in [0.29, 0.717) is 18.0 Å². The van der Waals surface area contributed by atoms with Crippen molar-refractivity contribution in [3.05, 3.63) is 35.4 Å².